The summed E-state index contributed by atoms with van der Waals surface area (Å²) in [5, 5.41) is 2.51. The number of rotatable bonds is 4. The van der Waals surface area contributed by atoms with Crippen molar-refractivity contribution in [1.29, 1.82) is 0 Å². The lowest BCUT2D eigenvalue weighted by atomic mass is 10.3. The zero-order valence-electron chi connectivity index (χ0n) is 7.45. The van der Waals surface area contributed by atoms with Crippen LogP contribution in [-0.4, -0.2) is 44.0 Å². The fourth-order valence-electron chi connectivity index (χ4n) is 1.58. The normalized spacial score (nSPS) is 20.2. The number of nitrogens with zero attached hydrogens (tertiary/aromatic N) is 1. The second-order valence-corrected chi connectivity index (χ2v) is 3.37. The molecular weight excluding hydrogens is 162 g/mol. The maximum atomic E-state index is 13.0. The van der Waals surface area contributed by atoms with Crippen molar-refractivity contribution in [3.8, 4) is 0 Å². The monoisotopic (exact) mass is 178 g/mol. The van der Waals surface area contributed by atoms with Crippen molar-refractivity contribution in [3.05, 3.63) is 0 Å². The van der Waals surface area contributed by atoms with E-state index in [0.717, 1.165) is 25.9 Å². The molecule has 72 valence electrons. The van der Waals surface area contributed by atoms with Crippen LogP contribution in [0.2, 0.25) is 0 Å². The summed E-state index contributed by atoms with van der Waals surface area (Å²) in [7, 11) is 1.55. The van der Waals surface area contributed by atoms with E-state index in [9.17, 15) is 8.78 Å². The molecule has 1 saturated heterocycles. The molecule has 1 aliphatic rings. The van der Waals surface area contributed by atoms with Gasteiger partial charge in [0.2, 0.25) is 0 Å². The molecule has 1 N–H and O–H groups in total. The first kappa shape index (κ1) is 9.86. The predicted octanol–water partition coefficient (Wildman–Crippen LogP) is 0.937. The lowest BCUT2D eigenvalue weighted by Gasteiger charge is -2.22. The highest BCUT2D eigenvalue weighted by molar-refractivity contribution is 4.76. The van der Waals surface area contributed by atoms with Crippen molar-refractivity contribution in [2.75, 3.05) is 33.2 Å². The first-order chi connectivity index (χ1) is 5.64. The van der Waals surface area contributed by atoms with Crippen molar-refractivity contribution in [3.63, 3.8) is 0 Å². The molecule has 0 aliphatic carbocycles. The molecule has 0 aromatic heterocycles. The van der Waals surface area contributed by atoms with Crippen LogP contribution in [0, 0.1) is 0 Å². The van der Waals surface area contributed by atoms with Gasteiger partial charge in [0.25, 0.3) is 5.92 Å². The summed E-state index contributed by atoms with van der Waals surface area (Å²) in [6.45, 7) is 1.36. The topological polar surface area (TPSA) is 15.3 Å². The van der Waals surface area contributed by atoms with Crippen LogP contribution >= 0.6 is 0 Å². The van der Waals surface area contributed by atoms with Gasteiger partial charge in [-0.3, -0.25) is 4.90 Å². The first-order valence-corrected chi connectivity index (χ1v) is 4.39. The van der Waals surface area contributed by atoms with Crippen molar-refractivity contribution in [1.82, 2.24) is 10.2 Å². The molecule has 2 nitrogen and oxygen atoms in total. The molecule has 0 spiro atoms. The maximum absolute atomic E-state index is 13.0. The highest BCUT2D eigenvalue weighted by Gasteiger charge is 2.31. The van der Waals surface area contributed by atoms with Gasteiger partial charge in [-0.2, -0.15) is 0 Å². The molecule has 0 bridgehead atoms. The van der Waals surface area contributed by atoms with Crippen LogP contribution in [0.3, 0.4) is 0 Å². The van der Waals surface area contributed by atoms with Gasteiger partial charge in [-0.05, 0) is 33.0 Å². The van der Waals surface area contributed by atoms with Crippen LogP contribution in [0.1, 0.15) is 12.8 Å². The molecule has 0 radical (unpaired) electrons. The summed E-state index contributed by atoms with van der Waals surface area (Å²) >= 11 is 0. The number of nitrogens with one attached hydrogen (secondary N) is 1. The first-order valence-electron chi connectivity index (χ1n) is 4.39. The summed E-state index contributed by atoms with van der Waals surface area (Å²) in [4.78, 5) is 1.83. The van der Waals surface area contributed by atoms with Gasteiger partial charge in [-0.1, -0.05) is 0 Å². The zero-order chi connectivity index (χ0) is 9.03. The average Bonchev–Trinajstić information content (AvgIpc) is 2.38. The van der Waals surface area contributed by atoms with E-state index >= 15 is 0 Å². The Morgan fingerprint density at radius 3 is 2.42 bits per heavy atom. The Hall–Kier alpha value is -0.220. The van der Waals surface area contributed by atoms with Crippen molar-refractivity contribution in [2.24, 2.45) is 0 Å². The van der Waals surface area contributed by atoms with Crippen LogP contribution in [0.4, 0.5) is 8.78 Å². The van der Waals surface area contributed by atoms with Gasteiger partial charge < -0.3 is 5.32 Å². The Kier molecular flexibility index (Phi) is 3.40. The van der Waals surface area contributed by atoms with Crippen LogP contribution in [0.25, 0.3) is 0 Å². The molecule has 0 unspecified atom stereocenters. The third-order valence-electron chi connectivity index (χ3n) is 2.09. The van der Waals surface area contributed by atoms with Crippen LogP contribution in [0.5, 0.6) is 0 Å². The molecule has 0 aromatic rings. The Labute approximate surface area is 71.9 Å². The van der Waals surface area contributed by atoms with Crippen LogP contribution < -0.4 is 5.32 Å². The molecule has 4 heteroatoms. The summed E-state index contributed by atoms with van der Waals surface area (Å²) in [5.74, 6) is -2.57. The number of hydrogen-bond donors (Lipinski definition) is 1. The standard InChI is InChI=1S/C8H16F2N2/c1-11-6-8(9,10)7-12-4-2-3-5-12/h11H,2-7H2,1H3. The lowest BCUT2D eigenvalue weighted by Crippen LogP contribution is -2.41. The smallest absolute Gasteiger partial charge is 0.272 e. The molecule has 1 rings (SSSR count). The van der Waals surface area contributed by atoms with E-state index in [-0.39, 0.29) is 13.1 Å². The Morgan fingerprint density at radius 2 is 1.92 bits per heavy atom. The molecule has 0 aromatic carbocycles. The minimum absolute atomic E-state index is 0.0894. The molecule has 0 amide bonds. The molecule has 1 aliphatic heterocycles. The van der Waals surface area contributed by atoms with E-state index in [1.807, 2.05) is 4.90 Å². The van der Waals surface area contributed by atoms with E-state index in [1.165, 1.54) is 0 Å². The fourth-order valence-corrected chi connectivity index (χ4v) is 1.58. The highest BCUT2D eigenvalue weighted by atomic mass is 19.3. The largest absolute Gasteiger partial charge is 0.314 e. The second-order valence-electron chi connectivity index (χ2n) is 3.37. The van der Waals surface area contributed by atoms with Gasteiger partial charge in [-0.25, -0.2) is 8.78 Å². The Balaban J connectivity index is 2.27. The number of alkyl halides is 2. The van der Waals surface area contributed by atoms with Gasteiger partial charge >= 0.3 is 0 Å². The maximum Gasteiger partial charge on any atom is 0.272 e. The summed E-state index contributed by atoms with van der Waals surface area (Å²) in [6, 6.07) is 0. The molecule has 1 fully saturated rings. The zero-order valence-corrected chi connectivity index (χ0v) is 7.45. The van der Waals surface area contributed by atoms with E-state index in [2.05, 4.69) is 5.32 Å². The SMILES string of the molecule is CNCC(F)(F)CN1CCCC1. The van der Waals surface area contributed by atoms with Gasteiger partial charge in [0.1, 0.15) is 0 Å². The Morgan fingerprint density at radius 1 is 1.33 bits per heavy atom. The average molecular weight is 178 g/mol. The molecule has 0 atom stereocenters. The van der Waals surface area contributed by atoms with Crippen molar-refractivity contribution in [2.45, 2.75) is 18.8 Å². The number of hydrogen-bond acceptors (Lipinski definition) is 2. The third-order valence-corrected chi connectivity index (χ3v) is 2.09. The third kappa shape index (κ3) is 3.03. The molecule has 1 heterocycles. The van der Waals surface area contributed by atoms with E-state index in [4.69, 9.17) is 0 Å². The second kappa shape index (κ2) is 4.14. The quantitative estimate of drug-likeness (QED) is 0.689. The van der Waals surface area contributed by atoms with E-state index in [1.54, 1.807) is 7.05 Å². The van der Waals surface area contributed by atoms with Gasteiger partial charge in [-0.15, -0.1) is 0 Å². The Bertz CT molecular complexity index is 133. The van der Waals surface area contributed by atoms with Crippen LogP contribution in [0.15, 0.2) is 0 Å². The van der Waals surface area contributed by atoms with Gasteiger partial charge in [0.05, 0.1) is 13.1 Å². The molecule has 12 heavy (non-hydrogen) atoms. The summed E-state index contributed by atoms with van der Waals surface area (Å²) in [5.41, 5.74) is 0. The predicted molar refractivity (Wildman–Crippen MR) is 44.5 cm³/mol. The minimum atomic E-state index is -2.57. The van der Waals surface area contributed by atoms with Crippen LogP contribution in [-0.2, 0) is 0 Å². The summed E-state index contributed by atoms with van der Waals surface area (Å²) < 4.78 is 25.9. The van der Waals surface area contributed by atoms with Crippen molar-refractivity contribution < 1.29 is 8.78 Å². The van der Waals surface area contributed by atoms with Crippen molar-refractivity contribution >= 4 is 0 Å². The fraction of sp³-hybridized carbons (Fsp3) is 1.00. The van der Waals surface area contributed by atoms with Gasteiger partial charge in [0.15, 0.2) is 0 Å². The minimum Gasteiger partial charge on any atom is -0.314 e. The van der Waals surface area contributed by atoms with E-state index < -0.39 is 5.92 Å². The van der Waals surface area contributed by atoms with E-state index in [0.29, 0.717) is 0 Å². The molecule has 0 saturated carbocycles. The number of likely N-dealkylation sites (tertiary alicyclic amines) is 1. The summed E-state index contributed by atoms with van der Waals surface area (Å²) in [6.07, 6.45) is 2.13. The molecular formula is C8H16F2N2. The number of halogens is 2. The highest BCUT2D eigenvalue weighted by Crippen LogP contribution is 2.17. The lowest BCUT2D eigenvalue weighted by molar-refractivity contribution is -0.0239. The van der Waals surface area contributed by atoms with Gasteiger partial charge in [0, 0.05) is 0 Å².